The summed E-state index contributed by atoms with van der Waals surface area (Å²) >= 11 is 1.70. The third-order valence-electron chi connectivity index (χ3n) is 3.59. The minimum atomic E-state index is 0.0247. The van der Waals surface area contributed by atoms with E-state index in [4.69, 9.17) is 0 Å². The highest BCUT2D eigenvalue weighted by molar-refractivity contribution is 7.98. The Morgan fingerprint density at radius 1 is 1.44 bits per heavy atom. The number of benzene rings is 1. The topological polar surface area (TPSA) is 35.6 Å². The molecule has 2 fully saturated rings. The number of rotatable bonds is 2. The smallest absolute Gasteiger partial charge is 0.246 e. The summed E-state index contributed by atoms with van der Waals surface area (Å²) in [5.41, 5.74) is 1.02. The monoisotopic (exact) mass is 263 g/mol. The number of fused-ring (bicyclic) bond motifs is 1. The predicted octanol–water partition coefficient (Wildman–Crippen LogP) is 0.986. The number of hydrogen-bond acceptors (Lipinski definition) is 4. The number of nitrogens with one attached hydrogen (secondary N) is 1. The van der Waals surface area contributed by atoms with Crippen molar-refractivity contribution in [2.45, 2.75) is 10.9 Å². The van der Waals surface area contributed by atoms with E-state index >= 15 is 0 Å². The molecule has 1 aromatic rings. The first kappa shape index (κ1) is 12.0. The van der Waals surface area contributed by atoms with Crippen LogP contribution in [0.1, 0.15) is 0 Å². The van der Waals surface area contributed by atoms with Crippen LogP contribution in [-0.4, -0.2) is 49.4 Å². The molecule has 1 N–H and O–H groups in total. The molecule has 2 heterocycles. The number of piperazine rings is 1. The molecule has 2 aliphatic rings. The average molecular weight is 263 g/mol. The van der Waals surface area contributed by atoms with Crippen LogP contribution >= 0.6 is 11.8 Å². The molecule has 0 spiro atoms. The van der Waals surface area contributed by atoms with Gasteiger partial charge in [0.15, 0.2) is 0 Å². The van der Waals surface area contributed by atoms with Gasteiger partial charge in [-0.1, -0.05) is 6.07 Å². The van der Waals surface area contributed by atoms with Crippen LogP contribution in [0.4, 0.5) is 5.69 Å². The number of carbonyl (C=O) groups excluding carboxylic acids is 1. The van der Waals surface area contributed by atoms with Crippen molar-refractivity contribution in [2.24, 2.45) is 0 Å². The molecule has 0 radical (unpaired) electrons. The normalized spacial score (nSPS) is 24.4. The van der Waals surface area contributed by atoms with Gasteiger partial charge in [-0.25, -0.2) is 0 Å². The SMILES string of the molecule is CSc1cccc(N2CN3CCNCC3C2=O)c1. The van der Waals surface area contributed by atoms with Crippen molar-refractivity contribution in [3.63, 3.8) is 0 Å². The minimum absolute atomic E-state index is 0.0247. The molecule has 0 saturated carbocycles. The fraction of sp³-hybridized carbons (Fsp3) is 0.462. The van der Waals surface area contributed by atoms with Crippen LogP contribution in [0.25, 0.3) is 0 Å². The van der Waals surface area contributed by atoms with Crippen LogP contribution < -0.4 is 10.2 Å². The summed E-state index contributed by atoms with van der Waals surface area (Å²) in [4.78, 5) is 17.7. The fourth-order valence-corrected chi connectivity index (χ4v) is 3.03. The van der Waals surface area contributed by atoms with Crippen molar-refractivity contribution < 1.29 is 4.79 Å². The Kier molecular flexibility index (Phi) is 3.28. The van der Waals surface area contributed by atoms with Crippen LogP contribution in [0.5, 0.6) is 0 Å². The molecule has 0 aliphatic carbocycles. The van der Waals surface area contributed by atoms with Gasteiger partial charge in [-0.3, -0.25) is 14.6 Å². The Hall–Kier alpha value is -1.04. The van der Waals surface area contributed by atoms with Crippen molar-refractivity contribution in [1.29, 1.82) is 0 Å². The molecule has 0 bridgehead atoms. The summed E-state index contributed by atoms with van der Waals surface area (Å²) < 4.78 is 0. The first-order valence-corrected chi connectivity index (χ1v) is 7.42. The number of hydrogen-bond donors (Lipinski definition) is 1. The summed E-state index contributed by atoms with van der Waals surface area (Å²) in [7, 11) is 0. The quantitative estimate of drug-likeness (QED) is 0.807. The first-order valence-electron chi connectivity index (χ1n) is 6.20. The second-order valence-electron chi connectivity index (χ2n) is 4.64. The lowest BCUT2D eigenvalue weighted by Crippen LogP contribution is -2.50. The van der Waals surface area contributed by atoms with Crippen molar-refractivity contribution >= 4 is 23.4 Å². The third kappa shape index (κ3) is 2.02. The zero-order valence-corrected chi connectivity index (χ0v) is 11.2. The van der Waals surface area contributed by atoms with E-state index in [0.29, 0.717) is 0 Å². The van der Waals surface area contributed by atoms with E-state index in [1.54, 1.807) is 11.8 Å². The third-order valence-corrected chi connectivity index (χ3v) is 4.32. The molecule has 2 aliphatic heterocycles. The summed E-state index contributed by atoms with van der Waals surface area (Å²) in [6.07, 6.45) is 2.05. The van der Waals surface area contributed by atoms with Gasteiger partial charge in [0.25, 0.3) is 0 Å². The number of nitrogens with zero attached hydrogens (tertiary/aromatic N) is 2. The Labute approximate surface area is 111 Å². The van der Waals surface area contributed by atoms with Crippen LogP contribution in [-0.2, 0) is 4.79 Å². The second kappa shape index (κ2) is 4.91. The summed E-state index contributed by atoms with van der Waals surface area (Å²) in [6, 6.07) is 8.22. The summed E-state index contributed by atoms with van der Waals surface area (Å²) in [6.45, 7) is 3.43. The van der Waals surface area contributed by atoms with Crippen LogP contribution in [0.2, 0.25) is 0 Å². The lowest BCUT2D eigenvalue weighted by Gasteiger charge is -2.26. The molecule has 1 atom stereocenters. The molecule has 1 aromatic carbocycles. The van der Waals surface area contributed by atoms with E-state index in [1.807, 2.05) is 17.0 Å². The lowest BCUT2D eigenvalue weighted by molar-refractivity contribution is -0.119. The molecule has 96 valence electrons. The van der Waals surface area contributed by atoms with Crippen LogP contribution in [0.3, 0.4) is 0 Å². The minimum Gasteiger partial charge on any atom is -0.313 e. The molecule has 1 unspecified atom stereocenters. The zero-order chi connectivity index (χ0) is 12.5. The van der Waals surface area contributed by atoms with Crippen molar-refractivity contribution in [1.82, 2.24) is 10.2 Å². The standard InChI is InChI=1S/C13H17N3OS/c1-18-11-4-2-3-10(7-11)16-9-15-6-5-14-8-12(15)13(16)17/h2-4,7,12,14H,5-6,8-9H2,1H3. The van der Waals surface area contributed by atoms with E-state index in [0.717, 1.165) is 32.0 Å². The largest absolute Gasteiger partial charge is 0.313 e. The maximum absolute atomic E-state index is 12.4. The van der Waals surface area contributed by atoms with Gasteiger partial charge in [-0.2, -0.15) is 0 Å². The van der Waals surface area contributed by atoms with Crippen molar-refractivity contribution in [3.8, 4) is 0 Å². The molecular weight excluding hydrogens is 246 g/mol. The maximum Gasteiger partial charge on any atom is 0.246 e. The molecule has 18 heavy (non-hydrogen) atoms. The van der Waals surface area contributed by atoms with E-state index in [9.17, 15) is 4.79 Å². The summed E-state index contributed by atoms with van der Waals surface area (Å²) in [5, 5.41) is 3.29. The number of amides is 1. The Bertz CT molecular complexity index is 465. The highest BCUT2D eigenvalue weighted by atomic mass is 32.2. The van der Waals surface area contributed by atoms with Gasteiger partial charge in [0.1, 0.15) is 6.04 Å². The van der Waals surface area contributed by atoms with Gasteiger partial charge >= 0.3 is 0 Å². The zero-order valence-electron chi connectivity index (χ0n) is 10.4. The highest BCUT2D eigenvalue weighted by Crippen LogP contribution is 2.27. The van der Waals surface area contributed by atoms with Crippen molar-refractivity contribution in [3.05, 3.63) is 24.3 Å². The second-order valence-corrected chi connectivity index (χ2v) is 5.52. The summed E-state index contributed by atoms with van der Waals surface area (Å²) in [5.74, 6) is 0.223. The lowest BCUT2D eigenvalue weighted by atomic mass is 10.2. The number of anilines is 1. The molecule has 5 heteroatoms. The Morgan fingerprint density at radius 2 is 2.33 bits per heavy atom. The van der Waals surface area contributed by atoms with Gasteiger partial charge in [-0.15, -0.1) is 11.8 Å². The van der Waals surface area contributed by atoms with Gasteiger partial charge in [0.2, 0.25) is 5.91 Å². The molecule has 0 aromatic heterocycles. The maximum atomic E-state index is 12.4. The van der Waals surface area contributed by atoms with Crippen molar-refractivity contribution in [2.75, 3.05) is 37.5 Å². The Morgan fingerprint density at radius 3 is 3.11 bits per heavy atom. The van der Waals surface area contributed by atoms with Gasteiger partial charge in [0.05, 0.1) is 6.67 Å². The van der Waals surface area contributed by atoms with Gasteiger partial charge in [-0.05, 0) is 24.5 Å². The molecule has 2 saturated heterocycles. The Balaban J connectivity index is 1.86. The van der Waals surface area contributed by atoms with Crippen LogP contribution in [0.15, 0.2) is 29.2 Å². The molecular formula is C13H17N3OS. The average Bonchev–Trinajstić information content (AvgIpc) is 2.77. The predicted molar refractivity (Wildman–Crippen MR) is 73.9 cm³/mol. The highest BCUT2D eigenvalue weighted by Gasteiger charge is 2.40. The number of carbonyl (C=O) groups is 1. The van der Waals surface area contributed by atoms with E-state index < -0.39 is 0 Å². The van der Waals surface area contributed by atoms with E-state index in [2.05, 4.69) is 28.6 Å². The molecule has 1 amide bonds. The molecule has 4 nitrogen and oxygen atoms in total. The van der Waals surface area contributed by atoms with E-state index in [1.165, 1.54) is 4.90 Å². The first-order chi connectivity index (χ1) is 8.79. The number of thioether (sulfide) groups is 1. The van der Waals surface area contributed by atoms with Gasteiger partial charge in [0, 0.05) is 30.2 Å². The van der Waals surface area contributed by atoms with Gasteiger partial charge < -0.3 is 5.32 Å². The van der Waals surface area contributed by atoms with Crippen LogP contribution in [0, 0.1) is 0 Å². The molecule has 3 rings (SSSR count). The fourth-order valence-electron chi connectivity index (χ4n) is 2.58. The van der Waals surface area contributed by atoms with E-state index in [-0.39, 0.29) is 11.9 Å².